The Labute approximate surface area is 788 Å². The second-order valence-electron chi connectivity index (χ2n) is 36.8. The number of aliphatic hydroxyl groups is 2. The number of aromatic carboxylic acids is 1. The summed E-state index contributed by atoms with van der Waals surface area (Å²) in [5.41, 5.74) is 10.9. The minimum absolute atomic E-state index is 0. The van der Waals surface area contributed by atoms with E-state index in [2.05, 4.69) is 102 Å². The summed E-state index contributed by atoms with van der Waals surface area (Å²) >= 11 is 22.0. The van der Waals surface area contributed by atoms with Crippen LogP contribution in [-0.4, -0.2) is 172 Å². The molecule has 1 atom stereocenters. The first-order valence-electron chi connectivity index (χ1n) is 43.8. The van der Waals surface area contributed by atoms with Crippen molar-refractivity contribution < 1.29 is 61.1 Å². The van der Waals surface area contributed by atoms with Crippen molar-refractivity contribution in [1.29, 1.82) is 0 Å². The Kier molecular flexibility index (Phi) is 33.3. The van der Waals surface area contributed by atoms with E-state index in [0.717, 1.165) is 173 Å². The zero-order valence-corrected chi connectivity index (χ0v) is 80.6. The second kappa shape index (κ2) is 43.5. The third-order valence-electron chi connectivity index (χ3n) is 25.7. The molecule has 4 fully saturated rings. The molecule has 0 spiro atoms. The number of ether oxygens (including phenoxy) is 2. The van der Waals surface area contributed by atoms with Crippen LogP contribution in [-0.2, 0) is 26.5 Å². The zero-order chi connectivity index (χ0) is 93.0. The number of carboxylic acids is 1. The van der Waals surface area contributed by atoms with Crippen molar-refractivity contribution >= 4 is 150 Å². The molecule has 4 aliphatic carbocycles. The van der Waals surface area contributed by atoms with Crippen LogP contribution in [0.15, 0.2) is 191 Å². The maximum atomic E-state index is 14.0. The number of rotatable bonds is 25. The van der Waals surface area contributed by atoms with Crippen LogP contribution in [0.3, 0.4) is 0 Å². The van der Waals surface area contributed by atoms with E-state index in [1.54, 1.807) is 42.7 Å². The smallest absolute Gasteiger partial charge is 0.339 e. The zero-order valence-electron chi connectivity index (χ0n) is 74.6. The van der Waals surface area contributed by atoms with Crippen molar-refractivity contribution in [2.24, 2.45) is 27.8 Å². The number of nitro benzene ring substituents is 2. The highest BCUT2D eigenvalue weighted by molar-refractivity contribution is 7.90. The van der Waals surface area contributed by atoms with Crippen molar-refractivity contribution in [2.75, 3.05) is 92.4 Å². The molecule has 1 amide bonds. The van der Waals surface area contributed by atoms with Gasteiger partial charge in [0.1, 0.15) is 45.5 Å². The molecule has 2 saturated carbocycles. The maximum absolute atomic E-state index is 14.0. The summed E-state index contributed by atoms with van der Waals surface area (Å²) in [4.78, 5) is 71.8. The number of aryl methyl sites for hydroxylation is 1. The van der Waals surface area contributed by atoms with Gasteiger partial charge in [-0.25, -0.2) is 41.5 Å². The van der Waals surface area contributed by atoms with Gasteiger partial charge in [0.15, 0.2) is 0 Å². The highest BCUT2D eigenvalue weighted by atomic mass is 35.5. The number of primary sulfonamides is 1. The number of sulfonamides is 2. The maximum Gasteiger partial charge on any atom is 0.339 e. The fourth-order valence-corrected chi connectivity index (χ4v) is 19.7. The molecular formula is C96H116Cl4N13O15PS2. The average Bonchev–Trinajstić information content (AvgIpc) is 1.31. The summed E-state index contributed by atoms with van der Waals surface area (Å²) in [5, 5.41) is 64.7. The van der Waals surface area contributed by atoms with Gasteiger partial charge in [-0.15, -0.1) is 23.2 Å². The fourth-order valence-electron chi connectivity index (χ4n) is 18.0. The number of amides is 1. The standard InChI is InChI=1S/C48H55ClN6O7S.C33H35ClN4O3.C14H21N3O5S.CH2Cl2.H3P/c1-47(2)18-16-36(42(29-47)33-6-9-37(49)10-7-33)31-53-22-24-54(25-23-53)38-11-13-41(44(27-38)62-39-26-35-17-21-50-45(35)51-30-39)46(56)52-63(60,61)40-12-8-34(43(28-40)55(58)59)5-4-32-14-19-48(3,57)20-15-32;1-33(2)11-9-24(29(19-33)22-3-5-25(34)6-4-22)21-37-13-15-38(16-14-37)26-7-8-28(32(39)40)30(18-26)41-27-17-23-10-12-35-31(23)36-20-27;1-14(18)6-4-10(5-7-14)9-16-12-3-2-11(23(15,21)22)8-13(12)17(19)20;2-1-3;/h6-13,17,21,26-28,30,32,57H,4-5,14-16,18-20,22-25,29,31H2,1-3H3,(H,50,51)(H,52,56);3-8,10,12,17-18,20H,9,11,13-16,19,21H2,1-2H3,(H,35,36)(H,39,40);2-3,8,10,16,18H,4-7,9H2,1H3,(H2,15,21,22);1H2;1H3. The first-order valence-corrected chi connectivity index (χ1v) is 48.7. The second-order valence-corrected chi connectivity index (χ2v) is 41.7. The van der Waals surface area contributed by atoms with Crippen molar-refractivity contribution in [2.45, 2.75) is 165 Å². The average molecular weight is 1930 g/mol. The van der Waals surface area contributed by atoms with E-state index in [9.17, 15) is 62.0 Å². The van der Waals surface area contributed by atoms with Crippen molar-refractivity contribution in [3.8, 4) is 23.0 Å². The van der Waals surface area contributed by atoms with Crippen molar-refractivity contribution in [3.63, 3.8) is 0 Å². The molecule has 28 nitrogen and oxygen atoms in total. The number of benzene rings is 6. The number of pyridine rings is 2. The van der Waals surface area contributed by atoms with Gasteiger partial charge in [0.2, 0.25) is 10.0 Å². The Morgan fingerprint density at radius 1 is 0.565 bits per heavy atom. The van der Waals surface area contributed by atoms with E-state index in [4.69, 9.17) is 61.0 Å². The minimum atomic E-state index is -4.55. The number of halogens is 4. The fraction of sp³-hybridized carbons (Fsp3) is 0.417. The summed E-state index contributed by atoms with van der Waals surface area (Å²) in [6.45, 7) is 22.1. The van der Waals surface area contributed by atoms with Crippen molar-refractivity contribution in [3.05, 3.63) is 240 Å². The van der Waals surface area contributed by atoms with E-state index in [1.165, 1.54) is 70.3 Å². The van der Waals surface area contributed by atoms with Crippen LogP contribution in [0.25, 0.3) is 33.2 Å². The first-order chi connectivity index (χ1) is 61.7. The Morgan fingerprint density at radius 3 is 1.45 bits per heavy atom. The Hall–Kier alpha value is -9.79. The van der Waals surface area contributed by atoms with E-state index in [0.29, 0.717) is 90.8 Å². The normalized spacial score (nSPS) is 20.1. The monoisotopic (exact) mass is 1930 g/mol. The molecule has 35 heteroatoms. The predicted octanol–water partition coefficient (Wildman–Crippen LogP) is 20.3. The minimum Gasteiger partial charge on any atom is -0.478 e. The number of H-pyrrole nitrogens is 2. The number of carbonyl (C=O) groups excluding carboxylic acids is 1. The van der Waals surface area contributed by atoms with E-state index in [1.807, 2.05) is 74.6 Å². The Balaban J connectivity index is 0.000000194. The molecule has 9 N–H and O–H groups in total. The SMILES string of the molecule is CC1(C)CCC(CN2CCN(c3ccc(C(=O)NS(=O)(=O)c4ccc(CCC5CCC(C)(O)CC5)c([N+](=O)[O-])c4)c(Oc4cnc5[nH]ccc5c4)c3)CC2)=C(c2ccc(Cl)cc2)C1.CC1(C)CCC(CN2CCN(c3ccc(C(=O)O)c(Oc4cnc5[nH]ccc5c4)c3)CC2)=C(c2ccc(Cl)cc2)C1.CC1(O)CCC(CNc2ccc(S(N)(=O)=O)cc2[N+](=O)[O-])CC1.ClCCl.P. The largest absolute Gasteiger partial charge is 0.478 e. The molecule has 6 heterocycles. The van der Waals surface area contributed by atoms with Gasteiger partial charge in [0, 0.05) is 146 Å². The highest BCUT2D eigenvalue weighted by Crippen LogP contribution is 2.47. The van der Waals surface area contributed by atoms with Crippen LogP contribution in [0.4, 0.5) is 28.4 Å². The van der Waals surface area contributed by atoms with Gasteiger partial charge < -0.3 is 49.9 Å². The first kappa shape index (κ1) is 100. The number of nitro groups is 2. The third-order valence-corrected chi connectivity index (χ3v) is 28.5. The highest BCUT2D eigenvalue weighted by Gasteiger charge is 2.36. The number of hydrogen-bond acceptors (Lipinski definition) is 21. The summed E-state index contributed by atoms with van der Waals surface area (Å²) in [5.74, 6) is -0.0393. The van der Waals surface area contributed by atoms with Crippen LogP contribution < -0.4 is 34.5 Å². The number of nitrogens with zero attached hydrogens (tertiary/aromatic N) is 8. The molecule has 0 radical (unpaired) electrons. The van der Waals surface area contributed by atoms with Crippen LogP contribution in [0, 0.1) is 42.9 Å². The van der Waals surface area contributed by atoms with Gasteiger partial charge in [-0.05, 0) is 253 Å². The quantitative estimate of drug-likeness (QED) is 0.0114. The molecular weight excluding hydrogens is 1810 g/mol. The van der Waals surface area contributed by atoms with Crippen LogP contribution >= 0.6 is 56.3 Å². The molecule has 700 valence electrons. The number of alkyl halides is 2. The van der Waals surface area contributed by atoms with Gasteiger partial charge in [-0.2, -0.15) is 9.90 Å². The summed E-state index contributed by atoms with van der Waals surface area (Å²) in [6.07, 6.45) is 20.4. The number of aromatic amines is 2. The summed E-state index contributed by atoms with van der Waals surface area (Å²) in [6, 6.07) is 41.6. The molecule has 1 unspecified atom stereocenters. The number of anilines is 3. The number of nitrogens with one attached hydrogen (secondary N) is 4. The lowest BCUT2D eigenvalue weighted by Gasteiger charge is -2.39. The molecule has 16 rings (SSSR count). The predicted molar refractivity (Wildman–Crippen MR) is 523 cm³/mol. The number of aromatic nitrogens is 4. The number of fused-ring (bicyclic) bond motifs is 2. The molecule has 6 aromatic carbocycles. The third kappa shape index (κ3) is 27.0. The van der Waals surface area contributed by atoms with Gasteiger partial charge >= 0.3 is 5.97 Å². The van der Waals surface area contributed by atoms with Crippen LogP contribution in [0.1, 0.15) is 175 Å². The van der Waals surface area contributed by atoms with Crippen molar-refractivity contribution in [1.82, 2.24) is 34.5 Å². The molecule has 2 aliphatic heterocycles. The molecule has 131 heavy (non-hydrogen) atoms. The van der Waals surface area contributed by atoms with Crippen LogP contribution in [0.5, 0.6) is 23.0 Å². The van der Waals surface area contributed by atoms with E-state index in [-0.39, 0.29) is 59.5 Å². The van der Waals surface area contributed by atoms with Gasteiger partial charge in [-0.1, -0.05) is 92.4 Å². The Morgan fingerprint density at radius 2 is 1.00 bits per heavy atom. The number of nitrogens with two attached hydrogens (primary N) is 1. The Bertz CT molecular complexity index is 6040. The lowest BCUT2D eigenvalue weighted by atomic mass is 9.72. The number of carboxylic acid groups (broad SMARTS) is 1. The van der Waals surface area contributed by atoms with Gasteiger partial charge in [-0.3, -0.25) is 34.8 Å². The molecule has 10 aromatic rings. The number of allylic oxidation sites excluding steroid dienone is 2. The number of hydrogen-bond donors (Lipinski definition) is 8. The molecule has 2 saturated heterocycles. The topological polar surface area (TPSA) is 388 Å². The van der Waals surface area contributed by atoms with E-state index < -0.39 is 57.9 Å². The number of piperazine rings is 2. The molecule has 0 bridgehead atoms. The van der Waals surface area contributed by atoms with Gasteiger partial charge in [0.25, 0.3) is 27.3 Å². The summed E-state index contributed by atoms with van der Waals surface area (Å²) < 4.78 is 64.6. The van der Waals surface area contributed by atoms with E-state index >= 15 is 0 Å². The van der Waals surface area contributed by atoms with Gasteiger partial charge in [0.05, 0.1) is 54.1 Å². The number of carbonyl (C=O) groups is 2. The van der Waals surface area contributed by atoms with Crippen LogP contribution in [0.2, 0.25) is 10.0 Å². The summed E-state index contributed by atoms with van der Waals surface area (Å²) in [7, 11) is -8.53. The lowest BCUT2D eigenvalue weighted by molar-refractivity contribution is -0.385. The molecule has 6 aliphatic rings. The lowest BCUT2D eigenvalue weighted by Crippen LogP contribution is -2.47. The molecule has 4 aromatic heterocycles.